The van der Waals surface area contributed by atoms with Crippen LogP contribution in [0, 0.1) is 5.92 Å². The van der Waals surface area contributed by atoms with Gasteiger partial charge in [0.2, 0.25) is 5.91 Å². The van der Waals surface area contributed by atoms with Crippen LogP contribution in [0.2, 0.25) is 5.02 Å². The minimum atomic E-state index is 0.157. The Morgan fingerprint density at radius 3 is 2.65 bits per heavy atom. The average Bonchev–Trinajstić information content (AvgIpc) is 2.90. The van der Waals surface area contributed by atoms with Crippen molar-refractivity contribution < 1.29 is 9.53 Å². The molecule has 1 saturated heterocycles. The number of benzene rings is 2. The lowest BCUT2D eigenvalue weighted by Crippen LogP contribution is -2.38. The van der Waals surface area contributed by atoms with Gasteiger partial charge in [0.15, 0.2) is 0 Å². The quantitative estimate of drug-likeness (QED) is 0.847. The molecule has 4 nitrogen and oxygen atoms in total. The largest absolute Gasteiger partial charge is 0.376 e. The standard InChI is InChI=1S/C21H25ClN2O2/c22-20-8-6-17(7-9-20)12-21(25)24-11-10-23-13-19(14-24)16-26-15-18-4-2-1-3-5-18/h1-9,19,23H,10-16H2. The second-order valence-electron chi connectivity index (χ2n) is 6.71. The van der Waals surface area contributed by atoms with Gasteiger partial charge in [0, 0.05) is 37.1 Å². The maximum atomic E-state index is 12.7. The van der Waals surface area contributed by atoms with Gasteiger partial charge in [-0.05, 0) is 23.3 Å². The van der Waals surface area contributed by atoms with E-state index in [9.17, 15) is 4.79 Å². The second kappa shape index (κ2) is 9.72. The summed E-state index contributed by atoms with van der Waals surface area (Å²) in [5, 5.41) is 4.10. The Hall–Kier alpha value is -1.88. The van der Waals surface area contributed by atoms with Gasteiger partial charge in [0.1, 0.15) is 0 Å². The number of ether oxygens (including phenoxy) is 1. The van der Waals surface area contributed by atoms with Crippen molar-refractivity contribution in [2.24, 2.45) is 5.92 Å². The molecule has 0 spiro atoms. The molecule has 0 saturated carbocycles. The molecule has 1 heterocycles. The van der Waals surface area contributed by atoms with Crippen LogP contribution < -0.4 is 5.32 Å². The third kappa shape index (κ3) is 5.84. The normalized spacial score (nSPS) is 17.7. The molecule has 2 aromatic rings. The maximum Gasteiger partial charge on any atom is 0.227 e. The van der Waals surface area contributed by atoms with Gasteiger partial charge in [0.05, 0.1) is 19.6 Å². The van der Waals surface area contributed by atoms with Crippen LogP contribution in [0.25, 0.3) is 0 Å². The number of nitrogens with one attached hydrogen (secondary N) is 1. The van der Waals surface area contributed by atoms with Gasteiger partial charge < -0.3 is 15.0 Å². The summed E-state index contributed by atoms with van der Waals surface area (Å²) in [7, 11) is 0. The topological polar surface area (TPSA) is 41.6 Å². The van der Waals surface area contributed by atoms with Gasteiger partial charge in [-0.1, -0.05) is 54.1 Å². The summed E-state index contributed by atoms with van der Waals surface area (Å²) >= 11 is 5.91. The Balaban J connectivity index is 1.49. The molecule has 0 radical (unpaired) electrons. The fourth-order valence-corrected chi connectivity index (χ4v) is 3.26. The van der Waals surface area contributed by atoms with E-state index in [1.807, 2.05) is 47.4 Å². The lowest BCUT2D eigenvalue weighted by molar-refractivity contribution is -0.131. The zero-order valence-corrected chi connectivity index (χ0v) is 15.6. The number of halogens is 1. The molecular formula is C21H25ClN2O2. The molecule has 1 unspecified atom stereocenters. The van der Waals surface area contributed by atoms with E-state index >= 15 is 0 Å². The number of nitrogens with zero attached hydrogens (tertiary/aromatic N) is 1. The summed E-state index contributed by atoms with van der Waals surface area (Å²) in [6, 6.07) is 17.6. The molecule has 2 aromatic carbocycles. The highest BCUT2D eigenvalue weighted by molar-refractivity contribution is 6.30. The molecule has 1 atom stereocenters. The van der Waals surface area contributed by atoms with Crippen molar-refractivity contribution in [1.29, 1.82) is 0 Å². The molecule has 1 amide bonds. The van der Waals surface area contributed by atoms with Crippen molar-refractivity contribution in [3.8, 4) is 0 Å². The highest BCUT2D eigenvalue weighted by Crippen LogP contribution is 2.13. The van der Waals surface area contributed by atoms with Gasteiger partial charge >= 0.3 is 0 Å². The minimum absolute atomic E-state index is 0.157. The van der Waals surface area contributed by atoms with Crippen molar-refractivity contribution in [1.82, 2.24) is 10.2 Å². The number of hydrogen-bond acceptors (Lipinski definition) is 3. The average molecular weight is 373 g/mol. The summed E-state index contributed by atoms with van der Waals surface area (Å²) in [6.45, 7) is 4.42. The highest BCUT2D eigenvalue weighted by Gasteiger charge is 2.22. The van der Waals surface area contributed by atoms with Gasteiger partial charge in [-0.2, -0.15) is 0 Å². The maximum absolute atomic E-state index is 12.7. The molecule has 3 rings (SSSR count). The van der Waals surface area contributed by atoms with Crippen molar-refractivity contribution in [3.05, 3.63) is 70.7 Å². The summed E-state index contributed by atoms with van der Waals surface area (Å²) in [5.41, 5.74) is 2.17. The van der Waals surface area contributed by atoms with Crippen molar-refractivity contribution in [3.63, 3.8) is 0 Å². The van der Waals surface area contributed by atoms with Gasteiger partial charge in [-0.15, -0.1) is 0 Å². The fourth-order valence-electron chi connectivity index (χ4n) is 3.13. The minimum Gasteiger partial charge on any atom is -0.376 e. The fraction of sp³-hybridized carbons (Fsp3) is 0.381. The smallest absolute Gasteiger partial charge is 0.227 e. The summed E-state index contributed by atoms with van der Waals surface area (Å²) in [6.07, 6.45) is 0.411. The molecule has 26 heavy (non-hydrogen) atoms. The molecular weight excluding hydrogens is 348 g/mol. The lowest BCUT2D eigenvalue weighted by atomic mass is 10.1. The Kier molecular flexibility index (Phi) is 7.06. The monoisotopic (exact) mass is 372 g/mol. The first-order valence-electron chi connectivity index (χ1n) is 9.05. The lowest BCUT2D eigenvalue weighted by Gasteiger charge is -2.24. The predicted molar refractivity (Wildman–Crippen MR) is 104 cm³/mol. The van der Waals surface area contributed by atoms with Gasteiger partial charge in [-0.3, -0.25) is 4.79 Å². The summed E-state index contributed by atoms with van der Waals surface area (Å²) in [5.74, 6) is 0.458. The number of rotatable bonds is 6. The molecule has 5 heteroatoms. The number of amides is 1. The first-order chi connectivity index (χ1) is 12.7. The van der Waals surface area contributed by atoms with E-state index in [1.165, 1.54) is 5.56 Å². The van der Waals surface area contributed by atoms with E-state index in [-0.39, 0.29) is 5.91 Å². The zero-order valence-electron chi connectivity index (χ0n) is 14.9. The zero-order chi connectivity index (χ0) is 18.2. The van der Waals surface area contributed by atoms with Crippen LogP contribution in [0.1, 0.15) is 11.1 Å². The second-order valence-corrected chi connectivity index (χ2v) is 7.15. The van der Waals surface area contributed by atoms with E-state index in [1.54, 1.807) is 0 Å². The van der Waals surface area contributed by atoms with Crippen LogP contribution in [0.5, 0.6) is 0 Å². The number of carbonyl (C=O) groups excluding carboxylic acids is 1. The SMILES string of the molecule is O=C(Cc1ccc(Cl)cc1)N1CCNCC(COCc2ccccc2)C1. The molecule has 0 aliphatic carbocycles. The first-order valence-corrected chi connectivity index (χ1v) is 9.43. The predicted octanol–water partition coefficient (Wildman–Crippen LogP) is 3.15. The van der Waals surface area contributed by atoms with Crippen LogP contribution in [0.15, 0.2) is 54.6 Å². The van der Waals surface area contributed by atoms with Crippen LogP contribution in [0.4, 0.5) is 0 Å². The van der Waals surface area contributed by atoms with Crippen LogP contribution in [-0.2, 0) is 22.6 Å². The van der Waals surface area contributed by atoms with Crippen LogP contribution in [-0.4, -0.2) is 43.6 Å². The van der Waals surface area contributed by atoms with E-state index in [4.69, 9.17) is 16.3 Å². The van der Waals surface area contributed by atoms with Gasteiger partial charge in [-0.25, -0.2) is 0 Å². The molecule has 0 bridgehead atoms. The molecule has 1 fully saturated rings. The van der Waals surface area contributed by atoms with E-state index in [2.05, 4.69) is 17.4 Å². The highest BCUT2D eigenvalue weighted by atomic mass is 35.5. The molecule has 138 valence electrons. The van der Waals surface area contributed by atoms with Crippen LogP contribution >= 0.6 is 11.6 Å². The molecule has 1 aliphatic heterocycles. The van der Waals surface area contributed by atoms with E-state index < -0.39 is 0 Å². The van der Waals surface area contributed by atoms with Crippen molar-refractivity contribution in [2.75, 3.05) is 32.8 Å². The Morgan fingerprint density at radius 1 is 1.12 bits per heavy atom. The Labute approximate surface area is 160 Å². The van der Waals surface area contributed by atoms with E-state index in [0.717, 1.165) is 31.7 Å². The summed E-state index contributed by atoms with van der Waals surface area (Å²) < 4.78 is 5.88. The van der Waals surface area contributed by atoms with Crippen LogP contribution in [0.3, 0.4) is 0 Å². The Morgan fingerprint density at radius 2 is 1.88 bits per heavy atom. The third-order valence-corrected chi connectivity index (χ3v) is 4.81. The molecule has 1 aliphatic rings. The van der Waals surface area contributed by atoms with Gasteiger partial charge in [0.25, 0.3) is 0 Å². The third-order valence-electron chi connectivity index (χ3n) is 4.56. The van der Waals surface area contributed by atoms with Crippen molar-refractivity contribution in [2.45, 2.75) is 13.0 Å². The Bertz CT molecular complexity index is 691. The molecule has 1 N–H and O–H groups in total. The number of carbonyl (C=O) groups is 1. The van der Waals surface area contributed by atoms with E-state index in [0.29, 0.717) is 30.6 Å². The first kappa shape index (κ1) is 18.9. The summed E-state index contributed by atoms with van der Waals surface area (Å²) in [4.78, 5) is 14.6. The molecule has 0 aromatic heterocycles. The number of hydrogen-bond donors (Lipinski definition) is 1. The van der Waals surface area contributed by atoms with Crippen molar-refractivity contribution >= 4 is 17.5 Å².